The lowest BCUT2D eigenvalue weighted by atomic mass is 9.98. The summed E-state index contributed by atoms with van der Waals surface area (Å²) in [5.74, 6) is 1.38. The molecule has 1 aliphatic heterocycles. The highest BCUT2D eigenvalue weighted by Gasteiger charge is 2.22. The van der Waals surface area contributed by atoms with Gasteiger partial charge in [0.25, 0.3) is 0 Å². The minimum absolute atomic E-state index is 0.358. The zero-order valence-electron chi connectivity index (χ0n) is 10.2. The quantitative estimate of drug-likeness (QED) is 0.804. The van der Waals surface area contributed by atoms with Crippen LogP contribution in [0.5, 0.6) is 0 Å². The van der Waals surface area contributed by atoms with Crippen LogP contribution in [0, 0.1) is 5.92 Å². The van der Waals surface area contributed by atoms with E-state index in [9.17, 15) is 0 Å². The van der Waals surface area contributed by atoms with E-state index in [1.165, 1.54) is 0 Å². The second-order valence-electron chi connectivity index (χ2n) is 4.47. The van der Waals surface area contributed by atoms with Crippen LogP contribution in [0.15, 0.2) is 6.33 Å². The highest BCUT2D eigenvalue weighted by atomic mass is 32.1. The first-order valence-electron chi connectivity index (χ1n) is 6.09. The molecular formula is C11H19N5S. The lowest BCUT2D eigenvalue weighted by Gasteiger charge is -2.31. The van der Waals surface area contributed by atoms with E-state index < -0.39 is 0 Å². The highest BCUT2D eigenvalue weighted by molar-refractivity contribution is 7.80. The van der Waals surface area contributed by atoms with Gasteiger partial charge in [-0.25, -0.2) is 9.67 Å². The number of hydrogen-bond donors (Lipinski definition) is 1. The van der Waals surface area contributed by atoms with Crippen LogP contribution in [0.2, 0.25) is 0 Å². The van der Waals surface area contributed by atoms with Gasteiger partial charge >= 0.3 is 0 Å². The third-order valence-corrected chi connectivity index (χ3v) is 3.60. The maximum absolute atomic E-state index is 5.73. The lowest BCUT2D eigenvalue weighted by molar-refractivity contribution is 0.190. The molecule has 5 nitrogen and oxygen atoms in total. The van der Waals surface area contributed by atoms with Crippen molar-refractivity contribution in [3.63, 3.8) is 0 Å². The molecule has 1 unspecified atom stereocenters. The number of rotatable bonds is 4. The molecular weight excluding hydrogens is 234 g/mol. The van der Waals surface area contributed by atoms with E-state index in [-0.39, 0.29) is 0 Å². The second-order valence-corrected chi connectivity index (χ2v) is 4.94. The molecule has 1 atom stereocenters. The standard InChI is InChI=1S/C11H19N5S/c1-2-16-10(13-8-14-16)7-15-5-3-4-9(6-15)11(12)17/h8-9H,2-7H2,1H3,(H2,12,17). The fourth-order valence-electron chi connectivity index (χ4n) is 2.31. The van der Waals surface area contributed by atoms with Gasteiger partial charge in [0.05, 0.1) is 11.5 Å². The first-order chi connectivity index (χ1) is 8.20. The Morgan fingerprint density at radius 3 is 3.18 bits per heavy atom. The maximum Gasteiger partial charge on any atom is 0.140 e. The maximum atomic E-state index is 5.73. The summed E-state index contributed by atoms with van der Waals surface area (Å²) in [6.45, 7) is 5.82. The van der Waals surface area contributed by atoms with Crippen molar-refractivity contribution in [3.8, 4) is 0 Å². The SMILES string of the molecule is CCn1ncnc1CN1CCCC(C(N)=S)C1. The molecule has 0 bridgehead atoms. The minimum Gasteiger partial charge on any atom is -0.393 e. The van der Waals surface area contributed by atoms with Gasteiger partial charge in [0, 0.05) is 19.0 Å². The summed E-state index contributed by atoms with van der Waals surface area (Å²) in [6, 6.07) is 0. The van der Waals surface area contributed by atoms with Crippen molar-refractivity contribution < 1.29 is 0 Å². The predicted molar refractivity (Wildman–Crippen MR) is 70.5 cm³/mol. The zero-order chi connectivity index (χ0) is 12.3. The number of aromatic nitrogens is 3. The van der Waals surface area contributed by atoms with Crippen LogP contribution in [0.1, 0.15) is 25.6 Å². The molecule has 1 fully saturated rings. The van der Waals surface area contributed by atoms with Gasteiger partial charge in [0.2, 0.25) is 0 Å². The molecule has 0 aromatic carbocycles. The van der Waals surface area contributed by atoms with E-state index in [0.29, 0.717) is 10.9 Å². The monoisotopic (exact) mass is 253 g/mol. The molecule has 0 saturated carbocycles. The minimum atomic E-state index is 0.358. The summed E-state index contributed by atoms with van der Waals surface area (Å²) < 4.78 is 1.93. The topological polar surface area (TPSA) is 60.0 Å². The molecule has 0 radical (unpaired) electrons. The van der Waals surface area contributed by atoms with Gasteiger partial charge < -0.3 is 5.73 Å². The molecule has 2 N–H and O–H groups in total. The Balaban J connectivity index is 1.97. The van der Waals surface area contributed by atoms with Crippen LogP contribution in [-0.2, 0) is 13.1 Å². The average molecular weight is 253 g/mol. The first-order valence-corrected chi connectivity index (χ1v) is 6.50. The smallest absolute Gasteiger partial charge is 0.140 e. The number of thiocarbonyl (C=S) groups is 1. The van der Waals surface area contributed by atoms with Crippen LogP contribution < -0.4 is 5.73 Å². The summed E-state index contributed by atoms with van der Waals surface area (Å²) >= 11 is 5.08. The summed E-state index contributed by atoms with van der Waals surface area (Å²) in [5, 5.41) is 4.18. The van der Waals surface area contributed by atoms with Gasteiger partial charge in [-0.3, -0.25) is 4.90 Å². The van der Waals surface area contributed by atoms with Gasteiger partial charge in [-0.15, -0.1) is 0 Å². The van der Waals surface area contributed by atoms with E-state index in [0.717, 1.165) is 44.8 Å². The fourth-order valence-corrected chi connectivity index (χ4v) is 2.50. The van der Waals surface area contributed by atoms with Crippen LogP contribution in [0.4, 0.5) is 0 Å². The Morgan fingerprint density at radius 2 is 2.47 bits per heavy atom. The van der Waals surface area contributed by atoms with Crippen LogP contribution in [-0.4, -0.2) is 37.7 Å². The molecule has 6 heteroatoms. The largest absolute Gasteiger partial charge is 0.393 e. The number of nitrogens with zero attached hydrogens (tertiary/aromatic N) is 4. The molecule has 2 rings (SSSR count). The Morgan fingerprint density at radius 1 is 1.65 bits per heavy atom. The van der Waals surface area contributed by atoms with Gasteiger partial charge in [-0.1, -0.05) is 12.2 Å². The second kappa shape index (κ2) is 5.55. The molecule has 94 valence electrons. The molecule has 1 aromatic heterocycles. The molecule has 0 aliphatic carbocycles. The highest BCUT2D eigenvalue weighted by Crippen LogP contribution is 2.18. The van der Waals surface area contributed by atoms with E-state index >= 15 is 0 Å². The zero-order valence-corrected chi connectivity index (χ0v) is 11.0. The average Bonchev–Trinajstić information content (AvgIpc) is 2.76. The van der Waals surface area contributed by atoms with E-state index in [4.69, 9.17) is 18.0 Å². The van der Waals surface area contributed by atoms with E-state index in [1.807, 2.05) is 4.68 Å². The molecule has 2 heterocycles. The number of likely N-dealkylation sites (tertiary alicyclic amines) is 1. The van der Waals surface area contributed by atoms with Crippen LogP contribution in [0.25, 0.3) is 0 Å². The van der Waals surface area contributed by atoms with Crippen molar-refractivity contribution in [2.75, 3.05) is 13.1 Å². The third kappa shape index (κ3) is 3.01. The van der Waals surface area contributed by atoms with Crippen molar-refractivity contribution >= 4 is 17.2 Å². The summed E-state index contributed by atoms with van der Waals surface area (Å²) in [5.41, 5.74) is 5.73. The van der Waals surface area contributed by atoms with Gasteiger partial charge in [-0.05, 0) is 26.3 Å². The summed E-state index contributed by atoms with van der Waals surface area (Å²) in [4.78, 5) is 7.31. The van der Waals surface area contributed by atoms with E-state index in [1.54, 1.807) is 6.33 Å². The van der Waals surface area contributed by atoms with Crippen molar-refractivity contribution in [1.29, 1.82) is 0 Å². The number of nitrogens with two attached hydrogens (primary N) is 1. The van der Waals surface area contributed by atoms with E-state index in [2.05, 4.69) is 21.9 Å². The Kier molecular flexibility index (Phi) is 4.06. The normalized spacial score (nSPS) is 21.6. The van der Waals surface area contributed by atoms with Gasteiger partial charge in [0.1, 0.15) is 12.2 Å². The van der Waals surface area contributed by atoms with Gasteiger partial charge in [-0.2, -0.15) is 5.10 Å². The summed E-state index contributed by atoms with van der Waals surface area (Å²) in [7, 11) is 0. The molecule has 17 heavy (non-hydrogen) atoms. The van der Waals surface area contributed by atoms with Crippen LogP contribution in [0.3, 0.4) is 0 Å². The lowest BCUT2D eigenvalue weighted by Crippen LogP contribution is -2.40. The number of aryl methyl sites for hydroxylation is 1. The number of hydrogen-bond acceptors (Lipinski definition) is 4. The molecule has 0 amide bonds. The van der Waals surface area contributed by atoms with Crippen molar-refractivity contribution in [3.05, 3.63) is 12.2 Å². The third-order valence-electron chi connectivity index (χ3n) is 3.27. The molecule has 1 aliphatic rings. The Labute approximate surface area is 107 Å². The Bertz CT molecular complexity index is 389. The van der Waals surface area contributed by atoms with Gasteiger partial charge in [0.15, 0.2) is 0 Å². The first kappa shape index (κ1) is 12.4. The molecule has 1 aromatic rings. The summed E-state index contributed by atoms with van der Waals surface area (Å²) in [6.07, 6.45) is 3.89. The Hall–Kier alpha value is -1.01. The van der Waals surface area contributed by atoms with Crippen molar-refractivity contribution in [1.82, 2.24) is 19.7 Å². The van der Waals surface area contributed by atoms with Crippen molar-refractivity contribution in [2.45, 2.75) is 32.9 Å². The predicted octanol–water partition coefficient (Wildman–Crippen LogP) is 0.796. The molecule has 0 spiro atoms. The number of piperidine rings is 1. The molecule has 1 saturated heterocycles. The fraction of sp³-hybridized carbons (Fsp3) is 0.727. The van der Waals surface area contributed by atoms with Crippen LogP contribution >= 0.6 is 12.2 Å². The van der Waals surface area contributed by atoms with Crippen molar-refractivity contribution in [2.24, 2.45) is 11.7 Å².